The summed E-state index contributed by atoms with van der Waals surface area (Å²) < 4.78 is 0. The molecule has 0 spiro atoms. The maximum atomic E-state index is 9.22. The quantitative estimate of drug-likeness (QED) is 0.706. The van der Waals surface area contributed by atoms with E-state index in [-0.39, 0.29) is 5.91 Å². The summed E-state index contributed by atoms with van der Waals surface area (Å²) in [5.41, 5.74) is 6.24. The maximum absolute atomic E-state index is 9.22. The summed E-state index contributed by atoms with van der Waals surface area (Å²) in [7, 11) is 0. The van der Waals surface area contributed by atoms with Crippen LogP contribution in [0.15, 0.2) is 73.9 Å². The predicted octanol–water partition coefficient (Wildman–Crippen LogP) is 3.07. The van der Waals surface area contributed by atoms with E-state index >= 15 is 0 Å². The predicted molar refractivity (Wildman–Crippen MR) is 71.8 cm³/mol. The van der Waals surface area contributed by atoms with Crippen LogP contribution in [0.5, 0.6) is 0 Å². The fraction of sp³-hybridized carbons (Fsp3) is 0.0714. The molecule has 0 fully saturated rings. The zero-order valence-electron chi connectivity index (χ0n) is 9.78. The summed E-state index contributed by atoms with van der Waals surface area (Å²) in [5, 5.41) is 0. The van der Waals surface area contributed by atoms with Crippen LogP contribution in [0.2, 0.25) is 0 Å². The lowest BCUT2D eigenvalue weighted by molar-refractivity contribution is -0.115. The van der Waals surface area contributed by atoms with Crippen LogP contribution in [0, 0.1) is 0 Å². The Morgan fingerprint density at radius 1 is 1.00 bits per heavy atom. The standard InChI is InChI=1S/C12H14.C2H5NO/c1-5-7-9-11(3)12(4)10-8-6-2;1-2(3)4/h5-10H,1-4H2;1H3,(H2,3,4)/b9-7-,10-8-;. The third-order valence-electron chi connectivity index (χ3n) is 1.28. The molecule has 0 rings (SSSR count). The highest BCUT2D eigenvalue weighted by Gasteiger charge is 1.88. The van der Waals surface area contributed by atoms with Crippen LogP contribution < -0.4 is 5.73 Å². The summed E-state index contributed by atoms with van der Waals surface area (Å²) in [6, 6.07) is 0. The zero-order chi connectivity index (χ0) is 13.0. The molecule has 1 amide bonds. The molecule has 0 aromatic carbocycles. The number of hydrogen-bond acceptors (Lipinski definition) is 1. The molecule has 0 saturated heterocycles. The van der Waals surface area contributed by atoms with Gasteiger partial charge >= 0.3 is 0 Å². The monoisotopic (exact) mass is 217 g/mol. The van der Waals surface area contributed by atoms with Crippen LogP contribution in [0.1, 0.15) is 6.92 Å². The van der Waals surface area contributed by atoms with Crippen LogP contribution in [0.3, 0.4) is 0 Å². The lowest BCUT2D eigenvalue weighted by Crippen LogP contribution is -2.01. The van der Waals surface area contributed by atoms with Crippen LogP contribution >= 0.6 is 0 Å². The van der Waals surface area contributed by atoms with E-state index in [1.54, 1.807) is 12.2 Å². The molecule has 0 atom stereocenters. The first-order valence-electron chi connectivity index (χ1n) is 4.68. The number of hydrogen-bond donors (Lipinski definition) is 1. The molecule has 0 unspecified atom stereocenters. The van der Waals surface area contributed by atoms with Crippen molar-refractivity contribution in [1.29, 1.82) is 0 Å². The molecule has 16 heavy (non-hydrogen) atoms. The number of amides is 1. The van der Waals surface area contributed by atoms with Gasteiger partial charge in [-0.25, -0.2) is 0 Å². The van der Waals surface area contributed by atoms with Crippen LogP contribution in [0.25, 0.3) is 0 Å². The topological polar surface area (TPSA) is 43.1 Å². The molecule has 0 aliphatic rings. The van der Waals surface area contributed by atoms with E-state index in [1.165, 1.54) is 6.92 Å². The SMILES string of the molecule is C=C/C=C\C(=C)C(=C)/C=C\C=C.CC(N)=O. The van der Waals surface area contributed by atoms with Gasteiger partial charge < -0.3 is 5.73 Å². The van der Waals surface area contributed by atoms with Crippen molar-refractivity contribution in [3.63, 3.8) is 0 Å². The van der Waals surface area contributed by atoms with Gasteiger partial charge in [0.15, 0.2) is 0 Å². The highest BCUT2D eigenvalue weighted by Crippen LogP contribution is 2.07. The van der Waals surface area contributed by atoms with Crippen molar-refractivity contribution < 1.29 is 4.79 Å². The van der Waals surface area contributed by atoms with Gasteiger partial charge in [-0.05, 0) is 11.1 Å². The van der Waals surface area contributed by atoms with E-state index in [1.807, 2.05) is 24.3 Å². The minimum atomic E-state index is -0.333. The van der Waals surface area contributed by atoms with Gasteiger partial charge in [0.2, 0.25) is 5.91 Å². The minimum absolute atomic E-state index is 0.333. The summed E-state index contributed by atoms with van der Waals surface area (Å²) >= 11 is 0. The third kappa shape index (κ3) is 14.4. The molecule has 0 radical (unpaired) electrons. The van der Waals surface area contributed by atoms with Crippen molar-refractivity contribution in [2.45, 2.75) is 6.92 Å². The molecular formula is C14H19NO. The van der Waals surface area contributed by atoms with Gasteiger partial charge in [-0.2, -0.15) is 0 Å². The summed E-state index contributed by atoms with van der Waals surface area (Å²) in [6.07, 6.45) is 10.8. The van der Waals surface area contributed by atoms with E-state index in [2.05, 4.69) is 32.0 Å². The fourth-order valence-electron chi connectivity index (χ4n) is 0.582. The van der Waals surface area contributed by atoms with Crippen molar-refractivity contribution in [3.05, 3.63) is 73.9 Å². The minimum Gasteiger partial charge on any atom is -0.370 e. The first-order valence-corrected chi connectivity index (χ1v) is 4.68. The molecule has 0 heterocycles. The average molecular weight is 217 g/mol. The molecule has 86 valence electrons. The van der Waals surface area contributed by atoms with Crippen LogP contribution in [-0.2, 0) is 4.79 Å². The Labute approximate surface area is 97.9 Å². The normalized spacial score (nSPS) is 9.31. The Hall–Kier alpha value is -2.09. The first-order chi connectivity index (χ1) is 7.45. The lowest BCUT2D eigenvalue weighted by Gasteiger charge is -1.96. The summed E-state index contributed by atoms with van der Waals surface area (Å²) in [5.74, 6) is -0.333. The van der Waals surface area contributed by atoms with Gasteiger partial charge in [-0.3, -0.25) is 4.79 Å². The molecule has 0 bridgehead atoms. The Balaban J connectivity index is 0. The molecule has 0 aliphatic carbocycles. The van der Waals surface area contributed by atoms with E-state index in [0.717, 1.165) is 11.1 Å². The Bertz CT molecular complexity index is 301. The molecule has 2 nitrogen and oxygen atoms in total. The molecule has 0 aromatic heterocycles. The number of nitrogens with two attached hydrogens (primary N) is 1. The van der Waals surface area contributed by atoms with Crippen molar-refractivity contribution in [2.75, 3.05) is 0 Å². The number of carbonyl (C=O) groups is 1. The largest absolute Gasteiger partial charge is 0.370 e. The van der Waals surface area contributed by atoms with Gasteiger partial charge in [0, 0.05) is 6.92 Å². The number of primary amides is 1. The van der Waals surface area contributed by atoms with Crippen molar-refractivity contribution in [3.8, 4) is 0 Å². The second-order valence-electron chi connectivity index (χ2n) is 2.85. The number of allylic oxidation sites excluding steroid dienone is 8. The molecule has 0 aliphatic heterocycles. The second kappa shape index (κ2) is 11.0. The van der Waals surface area contributed by atoms with Gasteiger partial charge in [0.05, 0.1) is 0 Å². The summed E-state index contributed by atoms with van der Waals surface area (Å²) in [6.45, 7) is 16.1. The Morgan fingerprint density at radius 3 is 1.44 bits per heavy atom. The molecule has 2 N–H and O–H groups in total. The van der Waals surface area contributed by atoms with Crippen molar-refractivity contribution in [1.82, 2.24) is 0 Å². The Morgan fingerprint density at radius 2 is 1.25 bits per heavy atom. The highest BCUT2D eigenvalue weighted by molar-refractivity contribution is 5.70. The zero-order valence-corrected chi connectivity index (χ0v) is 9.78. The van der Waals surface area contributed by atoms with Gasteiger partial charge in [-0.1, -0.05) is 62.8 Å². The number of carbonyl (C=O) groups excluding carboxylic acids is 1. The van der Waals surface area contributed by atoms with Crippen LogP contribution in [0.4, 0.5) is 0 Å². The van der Waals surface area contributed by atoms with Gasteiger partial charge in [0.25, 0.3) is 0 Å². The molecule has 0 aromatic rings. The molecular weight excluding hydrogens is 198 g/mol. The highest BCUT2D eigenvalue weighted by atomic mass is 16.1. The summed E-state index contributed by atoms with van der Waals surface area (Å²) in [4.78, 5) is 9.22. The van der Waals surface area contributed by atoms with E-state index in [4.69, 9.17) is 0 Å². The lowest BCUT2D eigenvalue weighted by atomic mass is 10.1. The van der Waals surface area contributed by atoms with Crippen molar-refractivity contribution >= 4 is 5.91 Å². The van der Waals surface area contributed by atoms with E-state index < -0.39 is 0 Å². The Kier molecular flexibility index (Phi) is 11.2. The van der Waals surface area contributed by atoms with E-state index in [9.17, 15) is 4.79 Å². The molecule has 0 saturated carbocycles. The maximum Gasteiger partial charge on any atom is 0.214 e. The smallest absolute Gasteiger partial charge is 0.214 e. The number of rotatable bonds is 5. The first kappa shape index (κ1) is 16.3. The fourth-order valence-corrected chi connectivity index (χ4v) is 0.582. The van der Waals surface area contributed by atoms with E-state index in [0.29, 0.717) is 0 Å². The van der Waals surface area contributed by atoms with Gasteiger partial charge in [0.1, 0.15) is 0 Å². The second-order valence-corrected chi connectivity index (χ2v) is 2.85. The third-order valence-corrected chi connectivity index (χ3v) is 1.28. The van der Waals surface area contributed by atoms with Gasteiger partial charge in [-0.15, -0.1) is 0 Å². The molecule has 2 heteroatoms. The van der Waals surface area contributed by atoms with Crippen molar-refractivity contribution in [2.24, 2.45) is 5.73 Å². The van der Waals surface area contributed by atoms with Crippen LogP contribution in [-0.4, -0.2) is 5.91 Å². The average Bonchev–Trinajstić information content (AvgIpc) is 2.21.